The van der Waals surface area contributed by atoms with Crippen molar-refractivity contribution >= 4 is 12.1 Å². The maximum Gasteiger partial charge on any atom is 0.510 e. The second kappa shape index (κ2) is 18.0. The molecule has 0 saturated carbocycles. The van der Waals surface area contributed by atoms with Gasteiger partial charge in [-0.25, -0.2) is 9.59 Å². The van der Waals surface area contributed by atoms with E-state index < -0.39 is 24.5 Å². The van der Waals surface area contributed by atoms with Crippen LogP contribution in [0.2, 0.25) is 0 Å². The van der Waals surface area contributed by atoms with Gasteiger partial charge in [0.2, 0.25) is 5.60 Å². The number of ether oxygens (including phenoxy) is 4. The highest BCUT2D eigenvalue weighted by Crippen LogP contribution is 2.47. The van der Waals surface area contributed by atoms with E-state index in [0.29, 0.717) is 29.8 Å². The number of carbonyl (C=O) groups is 2. The fraction of sp³-hybridized carbons (Fsp3) is 0.650. The Balaban J connectivity index is 1.14. The van der Waals surface area contributed by atoms with Crippen molar-refractivity contribution in [3.05, 3.63) is 71.8 Å². The van der Waals surface area contributed by atoms with E-state index in [2.05, 4.69) is 6.92 Å². The number of nitrogens with zero attached hydrogens (tertiary/aromatic N) is 1. The van der Waals surface area contributed by atoms with Crippen LogP contribution < -0.4 is 0 Å². The molecule has 3 aliphatic rings. The SMILES string of the molecule is CCCCCCCCCCCCCOC(=O)OCOC(C(=O)OC1CC2CCC(C1)[N+]21CCCC1)(c1ccccc1)c1ccccc1. The standard InChI is InChI=1S/C40H58NO6/c1-2-3-4-5-6-7-8-9-10-11-20-29-44-39(43)45-32-46-40(33-21-14-12-15-22-33,34-23-16-13-17-24-34)38(42)47-37-30-35-25-26-36(31-37)41(35)27-18-19-28-41/h12-17,21-24,35-37H,2-11,18-20,25-32H2,1H3/q+1. The molecule has 3 fully saturated rings. The van der Waals surface area contributed by atoms with Crippen molar-refractivity contribution in [1.82, 2.24) is 0 Å². The summed E-state index contributed by atoms with van der Waals surface area (Å²) in [5.41, 5.74) is -0.318. The lowest BCUT2D eigenvalue weighted by molar-refractivity contribution is -0.956. The van der Waals surface area contributed by atoms with E-state index in [1.807, 2.05) is 60.7 Å². The van der Waals surface area contributed by atoms with Crippen LogP contribution in [-0.2, 0) is 29.3 Å². The van der Waals surface area contributed by atoms with E-state index in [1.54, 1.807) is 0 Å². The molecule has 47 heavy (non-hydrogen) atoms. The van der Waals surface area contributed by atoms with Gasteiger partial charge in [-0.3, -0.25) is 0 Å². The lowest BCUT2D eigenvalue weighted by Crippen LogP contribution is -2.60. The van der Waals surface area contributed by atoms with Crippen LogP contribution in [-0.4, -0.2) is 61.3 Å². The van der Waals surface area contributed by atoms with Crippen molar-refractivity contribution < 1.29 is 33.0 Å². The summed E-state index contributed by atoms with van der Waals surface area (Å²) in [6.07, 6.45) is 19.4. The molecule has 3 aliphatic heterocycles. The highest BCUT2D eigenvalue weighted by atomic mass is 16.8. The number of unbranched alkanes of at least 4 members (excludes halogenated alkanes) is 10. The number of hydrogen-bond acceptors (Lipinski definition) is 6. The minimum absolute atomic E-state index is 0.156. The predicted octanol–water partition coefficient (Wildman–Crippen LogP) is 9.22. The van der Waals surface area contributed by atoms with Gasteiger partial charge in [-0.05, 0) is 17.5 Å². The monoisotopic (exact) mass is 648 g/mol. The normalized spacial score (nSPS) is 21.5. The molecule has 3 saturated heterocycles. The second-order valence-corrected chi connectivity index (χ2v) is 14.1. The Hall–Kier alpha value is -2.90. The zero-order valence-corrected chi connectivity index (χ0v) is 28.8. The molecule has 0 N–H and O–H groups in total. The van der Waals surface area contributed by atoms with Crippen LogP contribution in [0.15, 0.2) is 60.7 Å². The van der Waals surface area contributed by atoms with Crippen molar-refractivity contribution in [3.63, 3.8) is 0 Å². The van der Waals surface area contributed by atoms with Gasteiger partial charge in [0.1, 0.15) is 6.10 Å². The molecule has 7 heteroatoms. The third-order valence-electron chi connectivity index (χ3n) is 11.1. The van der Waals surface area contributed by atoms with Crippen LogP contribution in [0.25, 0.3) is 0 Å². The zero-order chi connectivity index (χ0) is 32.8. The molecule has 3 heterocycles. The van der Waals surface area contributed by atoms with Gasteiger partial charge in [-0.2, -0.15) is 0 Å². The average molecular weight is 649 g/mol. The molecule has 2 aromatic carbocycles. The van der Waals surface area contributed by atoms with Crippen molar-refractivity contribution in [2.45, 2.75) is 140 Å². The molecule has 0 radical (unpaired) electrons. The third kappa shape index (κ3) is 8.97. The molecule has 7 nitrogen and oxygen atoms in total. The van der Waals surface area contributed by atoms with Crippen LogP contribution in [0.1, 0.15) is 127 Å². The minimum Gasteiger partial charge on any atom is -0.459 e. The van der Waals surface area contributed by atoms with E-state index in [1.165, 1.54) is 94.6 Å². The van der Waals surface area contributed by atoms with Crippen molar-refractivity contribution in [2.75, 3.05) is 26.5 Å². The Bertz CT molecular complexity index is 1160. The van der Waals surface area contributed by atoms with Crippen LogP contribution in [0.5, 0.6) is 0 Å². The molecule has 5 rings (SSSR count). The average Bonchev–Trinajstić information content (AvgIpc) is 3.64. The first kappa shape index (κ1) is 35.4. The van der Waals surface area contributed by atoms with Gasteiger partial charge in [0, 0.05) is 38.5 Å². The van der Waals surface area contributed by atoms with Crippen molar-refractivity contribution in [2.24, 2.45) is 0 Å². The molecule has 0 amide bonds. The Morgan fingerprint density at radius 2 is 1.21 bits per heavy atom. The quantitative estimate of drug-likeness (QED) is 0.0655. The first-order chi connectivity index (χ1) is 23.1. The van der Waals surface area contributed by atoms with Gasteiger partial charge in [-0.15, -0.1) is 0 Å². The van der Waals surface area contributed by atoms with E-state index >= 15 is 0 Å². The van der Waals surface area contributed by atoms with Gasteiger partial charge < -0.3 is 23.4 Å². The Morgan fingerprint density at radius 3 is 1.74 bits per heavy atom. The highest BCUT2D eigenvalue weighted by Gasteiger charge is 2.57. The summed E-state index contributed by atoms with van der Waals surface area (Å²) >= 11 is 0. The third-order valence-corrected chi connectivity index (χ3v) is 11.1. The van der Waals surface area contributed by atoms with E-state index in [0.717, 1.165) is 32.1 Å². The fourth-order valence-electron chi connectivity index (χ4n) is 8.64. The molecular weight excluding hydrogens is 590 g/mol. The number of rotatable bonds is 19. The van der Waals surface area contributed by atoms with Gasteiger partial charge in [0.25, 0.3) is 0 Å². The number of quaternary nitrogens is 1. The summed E-state index contributed by atoms with van der Waals surface area (Å²) in [7, 11) is 0. The van der Waals surface area contributed by atoms with E-state index in [9.17, 15) is 9.59 Å². The summed E-state index contributed by atoms with van der Waals surface area (Å²) in [4.78, 5) is 27.0. The van der Waals surface area contributed by atoms with Crippen LogP contribution in [0.3, 0.4) is 0 Å². The molecule has 2 atom stereocenters. The summed E-state index contributed by atoms with van der Waals surface area (Å²) in [6, 6.07) is 20.0. The summed E-state index contributed by atoms with van der Waals surface area (Å²) in [5, 5.41) is 0. The molecular formula is C40H58NO6+. The molecule has 2 aromatic rings. The predicted molar refractivity (Wildman–Crippen MR) is 184 cm³/mol. The van der Waals surface area contributed by atoms with Crippen molar-refractivity contribution in [1.29, 1.82) is 0 Å². The molecule has 1 spiro atoms. The Morgan fingerprint density at radius 1 is 0.702 bits per heavy atom. The van der Waals surface area contributed by atoms with Crippen LogP contribution >= 0.6 is 0 Å². The van der Waals surface area contributed by atoms with E-state index in [-0.39, 0.29) is 6.10 Å². The molecule has 258 valence electrons. The summed E-state index contributed by atoms with van der Waals surface area (Å²) in [5.74, 6) is -0.466. The van der Waals surface area contributed by atoms with Gasteiger partial charge >= 0.3 is 12.1 Å². The lowest BCUT2D eigenvalue weighted by atomic mass is 9.85. The number of carbonyl (C=O) groups excluding carboxylic acids is 2. The Kier molecular flexibility index (Phi) is 13.6. The lowest BCUT2D eigenvalue weighted by Gasteiger charge is -2.47. The first-order valence-corrected chi connectivity index (χ1v) is 18.7. The number of esters is 1. The molecule has 0 aromatic heterocycles. The Labute approximate surface area is 282 Å². The summed E-state index contributed by atoms with van der Waals surface area (Å²) in [6.45, 7) is 4.66. The maximum absolute atomic E-state index is 14.4. The first-order valence-electron chi connectivity index (χ1n) is 18.7. The number of piperidine rings is 1. The topological polar surface area (TPSA) is 71.1 Å². The van der Waals surface area contributed by atoms with Gasteiger partial charge in [-0.1, -0.05) is 132 Å². The smallest absolute Gasteiger partial charge is 0.459 e. The number of benzene rings is 2. The van der Waals surface area contributed by atoms with Crippen LogP contribution in [0.4, 0.5) is 4.79 Å². The van der Waals surface area contributed by atoms with Crippen LogP contribution in [0, 0.1) is 0 Å². The fourth-order valence-corrected chi connectivity index (χ4v) is 8.64. The second-order valence-electron chi connectivity index (χ2n) is 14.1. The molecule has 2 bridgehead atoms. The molecule has 2 unspecified atom stereocenters. The maximum atomic E-state index is 14.4. The number of hydrogen-bond donors (Lipinski definition) is 0. The van der Waals surface area contributed by atoms with Gasteiger partial charge in [0.05, 0.1) is 31.8 Å². The van der Waals surface area contributed by atoms with E-state index in [4.69, 9.17) is 18.9 Å². The van der Waals surface area contributed by atoms with Crippen molar-refractivity contribution in [3.8, 4) is 0 Å². The largest absolute Gasteiger partial charge is 0.510 e. The van der Waals surface area contributed by atoms with Gasteiger partial charge in [0.15, 0.2) is 6.79 Å². The zero-order valence-electron chi connectivity index (χ0n) is 28.8. The summed E-state index contributed by atoms with van der Waals surface area (Å²) < 4.78 is 24.7. The molecule has 0 aliphatic carbocycles. The highest BCUT2D eigenvalue weighted by molar-refractivity contribution is 5.86. The minimum atomic E-state index is -1.59.